The minimum absolute atomic E-state index is 0.175. The summed E-state index contributed by atoms with van der Waals surface area (Å²) < 4.78 is 12.4. The third-order valence-electron chi connectivity index (χ3n) is 3.47. The standard InChI is InChI=1S/C14H17N3O3S/c1-19-11-4-7-21-13(11)14(18)16-12-2-5-15-17(12)8-10-3-6-20-9-10/h2,4-5,7,10H,3,6,8-9H2,1H3,(H,16,18)/t10-/m1/s1. The summed E-state index contributed by atoms with van der Waals surface area (Å²) >= 11 is 1.36. The second-order valence-electron chi connectivity index (χ2n) is 4.90. The number of rotatable bonds is 5. The molecule has 0 unspecified atom stereocenters. The van der Waals surface area contributed by atoms with Gasteiger partial charge in [0.15, 0.2) is 0 Å². The van der Waals surface area contributed by atoms with Gasteiger partial charge in [-0.3, -0.25) is 4.79 Å². The lowest BCUT2D eigenvalue weighted by Gasteiger charge is -2.12. The number of anilines is 1. The molecule has 0 spiro atoms. The van der Waals surface area contributed by atoms with Gasteiger partial charge in [-0.05, 0) is 17.9 Å². The van der Waals surface area contributed by atoms with Crippen molar-refractivity contribution in [1.82, 2.24) is 9.78 Å². The number of ether oxygens (including phenoxy) is 2. The molecule has 1 amide bonds. The second-order valence-corrected chi connectivity index (χ2v) is 5.82. The number of hydrogen-bond acceptors (Lipinski definition) is 5. The molecule has 112 valence electrons. The maximum atomic E-state index is 12.3. The largest absolute Gasteiger partial charge is 0.495 e. The Morgan fingerprint density at radius 1 is 1.62 bits per heavy atom. The van der Waals surface area contributed by atoms with Crippen molar-refractivity contribution in [2.75, 3.05) is 25.6 Å². The van der Waals surface area contributed by atoms with Crippen molar-refractivity contribution < 1.29 is 14.3 Å². The van der Waals surface area contributed by atoms with Gasteiger partial charge < -0.3 is 14.8 Å². The zero-order valence-corrected chi connectivity index (χ0v) is 12.6. The average molecular weight is 307 g/mol. The highest BCUT2D eigenvalue weighted by atomic mass is 32.1. The molecule has 1 aliphatic heterocycles. The van der Waals surface area contributed by atoms with Crippen molar-refractivity contribution in [1.29, 1.82) is 0 Å². The molecular formula is C14H17N3O3S. The zero-order chi connectivity index (χ0) is 14.7. The van der Waals surface area contributed by atoms with Crippen molar-refractivity contribution in [3.63, 3.8) is 0 Å². The smallest absolute Gasteiger partial charge is 0.270 e. The lowest BCUT2D eigenvalue weighted by atomic mass is 10.1. The Hall–Kier alpha value is -1.86. The number of methoxy groups -OCH3 is 1. The lowest BCUT2D eigenvalue weighted by Crippen LogP contribution is -2.18. The zero-order valence-electron chi connectivity index (χ0n) is 11.7. The number of carbonyl (C=O) groups is 1. The van der Waals surface area contributed by atoms with Crippen molar-refractivity contribution in [3.05, 3.63) is 28.6 Å². The average Bonchev–Trinajstić information content (AvgIpc) is 3.21. The van der Waals surface area contributed by atoms with E-state index in [9.17, 15) is 4.79 Å². The SMILES string of the molecule is COc1ccsc1C(=O)Nc1ccnn1C[C@H]1CCOC1. The normalized spacial score (nSPS) is 17.9. The molecular weight excluding hydrogens is 290 g/mol. The van der Waals surface area contributed by atoms with E-state index in [1.165, 1.54) is 11.3 Å². The quantitative estimate of drug-likeness (QED) is 0.920. The van der Waals surface area contributed by atoms with Gasteiger partial charge in [-0.1, -0.05) is 0 Å². The molecule has 21 heavy (non-hydrogen) atoms. The van der Waals surface area contributed by atoms with Crippen LogP contribution in [0, 0.1) is 5.92 Å². The van der Waals surface area contributed by atoms with Gasteiger partial charge >= 0.3 is 0 Å². The summed E-state index contributed by atoms with van der Waals surface area (Å²) in [6.07, 6.45) is 2.73. The monoisotopic (exact) mass is 307 g/mol. The minimum Gasteiger partial charge on any atom is -0.495 e. The molecule has 1 atom stereocenters. The van der Waals surface area contributed by atoms with E-state index in [-0.39, 0.29) is 5.91 Å². The van der Waals surface area contributed by atoms with E-state index in [1.807, 2.05) is 10.1 Å². The highest BCUT2D eigenvalue weighted by molar-refractivity contribution is 7.12. The van der Waals surface area contributed by atoms with Crippen LogP contribution in [0.1, 0.15) is 16.1 Å². The molecule has 1 fully saturated rings. The molecule has 6 nitrogen and oxygen atoms in total. The van der Waals surface area contributed by atoms with E-state index in [1.54, 1.807) is 25.4 Å². The third kappa shape index (κ3) is 3.08. The van der Waals surface area contributed by atoms with Gasteiger partial charge in [0.05, 0.1) is 19.9 Å². The van der Waals surface area contributed by atoms with Crippen LogP contribution in [0.3, 0.4) is 0 Å². The summed E-state index contributed by atoms with van der Waals surface area (Å²) in [5.41, 5.74) is 0. The van der Waals surface area contributed by atoms with E-state index in [4.69, 9.17) is 9.47 Å². The van der Waals surface area contributed by atoms with Gasteiger partial charge in [-0.15, -0.1) is 11.3 Å². The van der Waals surface area contributed by atoms with E-state index in [0.717, 1.165) is 26.2 Å². The summed E-state index contributed by atoms with van der Waals surface area (Å²) in [4.78, 5) is 12.9. The molecule has 0 bridgehead atoms. The fourth-order valence-electron chi connectivity index (χ4n) is 2.35. The molecule has 1 saturated heterocycles. The Labute approximate surface area is 126 Å². The van der Waals surface area contributed by atoms with Crippen LogP contribution < -0.4 is 10.1 Å². The first-order chi connectivity index (χ1) is 10.3. The van der Waals surface area contributed by atoms with E-state index < -0.39 is 0 Å². The summed E-state index contributed by atoms with van der Waals surface area (Å²) in [7, 11) is 1.56. The molecule has 1 N–H and O–H groups in total. The van der Waals surface area contributed by atoms with Gasteiger partial charge in [0.1, 0.15) is 16.4 Å². The molecule has 2 aromatic rings. The highest BCUT2D eigenvalue weighted by Gasteiger charge is 2.19. The molecule has 7 heteroatoms. The molecule has 0 radical (unpaired) electrons. The topological polar surface area (TPSA) is 65.4 Å². The molecule has 3 rings (SSSR count). The molecule has 0 saturated carbocycles. The first-order valence-corrected chi connectivity index (χ1v) is 7.68. The number of nitrogens with one attached hydrogen (secondary N) is 1. The van der Waals surface area contributed by atoms with E-state index in [0.29, 0.717) is 22.4 Å². The van der Waals surface area contributed by atoms with Gasteiger partial charge in [-0.25, -0.2) is 4.68 Å². The Kier molecular flexibility index (Phi) is 4.21. The van der Waals surface area contributed by atoms with Crippen LogP contribution >= 0.6 is 11.3 Å². The number of hydrogen-bond donors (Lipinski definition) is 1. The van der Waals surface area contributed by atoms with Crippen LogP contribution in [0.5, 0.6) is 5.75 Å². The maximum absolute atomic E-state index is 12.3. The Morgan fingerprint density at radius 2 is 2.52 bits per heavy atom. The fraction of sp³-hybridized carbons (Fsp3) is 0.429. The predicted molar refractivity (Wildman–Crippen MR) is 80.0 cm³/mol. The number of carbonyl (C=O) groups excluding carboxylic acids is 1. The number of amides is 1. The van der Waals surface area contributed by atoms with Gasteiger partial charge in [0, 0.05) is 25.1 Å². The summed E-state index contributed by atoms with van der Waals surface area (Å²) in [5, 5.41) is 9.00. The van der Waals surface area contributed by atoms with E-state index >= 15 is 0 Å². The van der Waals surface area contributed by atoms with Crippen LogP contribution in [-0.2, 0) is 11.3 Å². The van der Waals surface area contributed by atoms with Gasteiger partial charge in [0.25, 0.3) is 5.91 Å². The molecule has 1 aliphatic rings. The first-order valence-electron chi connectivity index (χ1n) is 6.80. The second kappa shape index (κ2) is 6.28. The number of nitrogens with zero attached hydrogens (tertiary/aromatic N) is 2. The van der Waals surface area contributed by atoms with Crippen LogP contribution in [0.25, 0.3) is 0 Å². The lowest BCUT2D eigenvalue weighted by molar-refractivity contribution is 0.102. The third-order valence-corrected chi connectivity index (χ3v) is 4.36. The molecule has 2 aromatic heterocycles. The van der Waals surface area contributed by atoms with Crippen molar-refractivity contribution in [2.24, 2.45) is 5.92 Å². The van der Waals surface area contributed by atoms with Gasteiger partial charge in [0.2, 0.25) is 0 Å². The number of aromatic nitrogens is 2. The van der Waals surface area contributed by atoms with Crippen LogP contribution in [0.15, 0.2) is 23.7 Å². The highest BCUT2D eigenvalue weighted by Crippen LogP contribution is 2.25. The predicted octanol–water partition coefficient (Wildman–Crippen LogP) is 2.24. The number of thiophene rings is 1. The van der Waals surface area contributed by atoms with Crippen molar-refractivity contribution >= 4 is 23.1 Å². The van der Waals surface area contributed by atoms with Crippen molar-refractivity contribution in [2.45, 2.75) is 13.0 Å². The minimum atomic E-state index is -0.175. The van der Waals surface area contributed by atoms with Crippen molar-refractivity contribution in [3.8, 4) is 5.75 Å². The van der Waals surface area contributed by atoms with Gasteiger partial charge in [-0.2, -0.15) is 5.10 Å². The first kappa shape index (κ1) is 14.1. The molecule has 0 aromatic carbocycles. The molecule has 0 aliphatic carbocycles. The Morgan fingerprint density at radius 3 is 3.29 bits per heavy atom. The van der Waals surface area contributed by atoms with Crippen LogP contribution in [-0.4, -0.2) is 36.0 Å². The van der Waals surface area contributed by atoms with E-state index in [2.05, 4.69) is 10.4 Å². The fourth-order valence-corrected chi connectivity index (χ4v) is 3.11. The maximum Gasteiger partial charge on any atom is 0.270 e. The molecule has 3 heterocycles. The summed E-state index contributed by atoms with van der Waals surface area (Å²) in [6.45, 7) is 2.32. The summed E-state index contributed by atoms with van der Waals surface area (Å²) in [6, 6.07) is 3.58. The Balaban J connectivity index is 1.70. The van der Waals surface area contributed by atoms with Crippen LogP contribution in [0.2, 0.25) is 0 Å². The Bertz CT molecular complexity index is 617. The van der Waals surface area contributed by atoms with Crippen LogP contribution in [0.4, 0.5) is 5.82 Å². The summed E-state index contributed by atoms with van der Waals surface area (Å²) in [5.74, 6) is 1.57.